The Morgan fingerprint density at radius 3 is 2.70 bits per heavy atom. The summed E-state index contributed by atoms with van der Waals surface area (Å²) in [4.78, 5) is 11.3. The summed E-state index contributed by atoms with van der Waals surface area (Å²) in [5.74, 6) is 0.0571. The zero-order valence-corrected chi connectivity index (χ0v) is 12.6. The van der Waals surface area contributed by atoms with Crippen molar-refractivity contribution in [2.75, 3.05) is 13.7 Å². The molecule has 112 valence electrons. The van der Waals surface area contributed by atoms with E-state index in [1.165, 1.54) is 5.56 Å². The molecule has 20 heavy (non-hydrogen) atoms. The Balaban J connectivity index is 2.46. The number of rotatable bonds is 9. The highest BCUT2D eigenvalue weighted by molar-refractivity contribution is 5.78. The van der Waals surface area contributed by atoms with Crippen LogP contribution in [-0.2, 0) is 11.2 Å². The van der Waals surface area contributed by atoms with E-state index in [9.17, 15) is 9.90 Å². The fraction of sp³-hybridized carbons (Fsp3) is 0.562. The van der Waals surface area contributed by atoms with Crippen LogP contribution in [0.5, 0.6) is 5.75 Å². The van der Waals surface area contributed by atoms with Gasteiger partial charge in [-0.15, -0.1) is 0 Å². The van der Waals surface area contributed by atoms with E-state index in [0.717, 1.165) is 12.2 Å². The van der Waals surface area contributed by atoms with Crippen LogP contribution in [0.25, 0.3) is 0 Å². The Labute approximate surface area is 121 Å². The van der Waals surface area contributed by atoms with Crippen LogP contribution in [0.2, 0.25) is 0 Å². The quantitative estimate of drug-likeness (QED) is 0.682. The van der Waals surface area contributed by atoms with Crippen molar-refractivity contribution in [3.63, 3.8) is 0 Å². The first-order valence-corrected chi connectivity index (χ1v) is 7.22. The molecule has 0 saturated heterocycles. The second kappa shape index (κ2) is 7.90. The van der Waals surface area contributed by atoms with Crippen molar-refractivity contribution in [3.05, 3.63) is 29.8 Å². The molecule has 0 spiro atoms. The number of hydrogen-bond acceptors (Lipinski definition) is 3. The topological polar surface area (TPSA) is 58.6 Å². The van der Waals surface area contributed by atoms with Gasteiger partial charge in [-0.1, -0.05) is 26.0 Å². The van der Waals surface area contributed by atoms with Gasteiger partial charge in [0.1, 0.15) is 11.3 Å². The largest absolute Gasteiger partial charge is 0.494 e. The monoisotopic (exact) mass is 279 g/mol. The van der Waals surface area contributed by atoms with Crippen LogP contribution >= 0.6 is 0 Å². The van der Waals surface area contributed by atoms with Gasteiger partial charge in [-0.05, 0) is 50.4 Å². The molecule has 1 aromatic carbocycles. The minimum absolute atomic E-state index is 0.532. The van der Waals surface area contributed by atoms with Crippen molar-refractivity contribution in [2.45, 2.75) is 45.1 Å². The van der Waals surface area contributed by atoms with Gasteiger partial charge in [-0.3, -0.25) is 4.79 Å². The number of nitrogens with one attached hydrogen (secondary N) is 1. The Bertz CT molecular complexity index is 427. The van der Waals surface area contributed by atoms with Gasteiger partial charge in [0, 0.05) is 0 Å². The van der Waals surface area contributed by atoms with Gasteiger partial charge in [-0.2, -0.15) is 0 Å². The summed E-state index contributed by atoms with van der Waals surface area (Å²) in [6, 6.07) is 8.01. The summed E-state index contributed by atoms with van der Waals surface area (Å²) >= 11 is 0. The number of likely N-dealkylation sites (N-methyl/N-ethyl adjacent to an activating group) is 1. The number of carboxylic acids is 1. The Hall–Kier alpha value is -1.55. The van der Waals surface area contributed by atoms with E-state index in [1.807, 2.05) is 25.1 Å². The van der Waals surface area contributed by atoms with Crippen molar-refractivity contribution in [3.8, 4) is 5.75 Å². The lowest BCUT2D eigenvalue weighted by atomic mass is 9.91. The predicted molar refractivity (Wildman–Crippen MR) is 80.3 cm³/mol. The fourth-order valence-electron chi connectivity index (χ4n) is 2.26. The maximum Gasteiger partial charge on any atom is 0.323 e. The summed E-state index contributed by atoms with van der Waals surface area (Å²) in [7, 11) is 1.70. The Kier molecular flexibility index (Phi) is 6.52. The molecule has 4 heteroatoms. The summed E-state index contributed by atoms with van der Waals surface area (Å²) < 4.78 is 5.69. The highest BCUT2D eigenvalue weighted by Gasteiger charge is 2.34. The first-order valence-electron chi connectivity index (χ1n) is 7.22. The summed E-state index contributed by atoms with van der Waals surface area (Å²) in [5.41, 5.74) is 0.403. The van der Waals surface area contributed by atoms with Gasteiger partial charge < -0.3 is 15.2 Å². The van der Waals surface area contributed by atoms with Gasteiger partial charge in [0.05, 0.1) is 6.61 Å². The van der Waals surface area contributed by atoms with Crippen LogP contribution in [0.4, 0.5) is 0 Å². The molecule has 0 fully saturated rings. The van der Waals surface area contributed by atoms with E-state index >= 15 is 0 Å². The second-order valence-corrected chi connectivity index (χ2v) is 4.94. The predicted octanol–water partition coefficient (Wildman–Crippen LogP) is 2.86. The molecule has 1 rings (SSSR count). The molecule has 1 atom stereocenters. The third kappa shape index (κ3) is 4.23. The lowest BCUT2D eigenvalue weighted by Gasteiger charge is -2.27. The fourth-order valence-corrected chi connectivity index (χ4v) is 2.26. The van der Waals surface area contributed by atoms with Gasteiger partial charge in [-0.25, -0.2) is 0 Å². The molecule has 4 nitrogen and oxygen atoms in total. The van der Waals surface area contributed by atoms with Gasteiger partial charge in [0.15, 0.2) is 0 Å². The van der Waals surface area contributed by atoms with E-state index in [4.69, 9.17) is 4.74 Å². The van der Waals surface area contributed by atoms with Crippen molar-refractivity contribution < 1.29 is 14.6 Å². The molecule has 1 unspecified atom stereocenters. The van der Waals surface area contributed by atoms with E-state index in [2.05, 4.69) is 18.3 Å². The van der Waals surface area contributed by atoms with Crippen LogP contribution in [0.1, 0.15) is 38.7 Å². The zero-order valence-electron chi connectivity index (χ0n) is 12.6. The summed E-state index contributed by atoms with van der Waals surface area (Å²) in [5, 5.41) is 12.2. The van der Waals surface area contributed by atoms with Crippen LogP contribution in [0.3, 0.4) is 0 Å². The number of carbonyl (C=O) groups is 1. The van der Waals surface area contributed by atoms with Crippen molar-refractivity contribution >= 4 is 5.97 Å². The minimum Gasteiger partial charge on any atom is -0.494 e. The second-order valence-electron chi connectivity index (χ2n) is 4.94. The maximum absolute atomic E-state index is 11.3. The number of aliphatic carboxylic acids is 1. The van der Waals surface area contributed by atoms with Gasteiger partial charge in [0.25, 0.3) is 0 Å². The van der Waals surface area contributed by atoms with Crippen molar-refractivity contribution in [1.29, 1.82) is 0 Å². The van der Waals surface area contributed by atoms with E-state index in [-0.39, 0.29) is 0 Å². The molecule has 0 saturated carbocycles. The highest BCUT2D eigenvalue weighted by Crippen LogP contribution is 2.19. The molecule has 0 aliphatic heterocycles. The molecule has 0 bridgehead atoms. The smallest absolute Gasteiger partial charge is 0.323 e. The van der Waals surface area contributed by atoms with Crippen LogP contribution in [0.15, 0.2) is 24.3 Å². The van der Waals surface area contributed by atoms with Crippen molar-refractivity contribution in [2.24, 2.45) is 0 Å². The van der Waals surface area contributed by atoms with Crippen LogP contribution in [-0.4, -0.2) is 30.3 Å². The molecule has 0 heterocycles. The number of carboxylic acid groups (broad SMARTS) is 1. The molecule has 0 amide bonds. The average Bonchev–Trinajstić information content (AvgIpc) is 2.48. The first kappa shape index (κ1) is 16.5. The molecule has 2 N–H and O–H groups in total. The number of benzene rings is 1. The zero-order chi connectivity index (χ0) is 15.0. The standard InChI is InChI=1S/C16H25NO3/c1-4-13-8-6-9-14(12-13)20-11-7-10-16(5-2,17-3)15(18)19/h6,8-9,12,17H,4-5,7,10-11H2,1-3H3,(H,18,19). The number of hydrogen-bond donors (Lipinski definition) is 2. The summed E-state index contributed by atoms with van der Waals surface area (Å²) in [6.07, 6.45) is 2.80. The lowest BCUT2D eigenvalue weighted by molar-refractivity contribution is -0.145. The van der Waals surface area contributed by atoms with E-state index < -0.39 is 11.5 Å². The molecule has 1 aromatic rings. The third-order valence-corrected chi connectivity index (χ3v) is 3.81. The SMILES string of the molecule is CCc1cccc(OCCCC(CC)(NC)C(=O)O)c1. The maximum atomic E-state index is 11.3. The van der Waals surface area contributed by atoms with E-state index in [0.29, 0.717) is 25.9 Å². The third-order valence-electron chi connectivity index (χ3n) is 3.81. The first-order chi connectivity index (χ1) is 9.57. The molecular weight excluding hydrogens is 254 g/mol. The van der Waals surface area contributed by atoms with Crippen molar-refractivity contribution in [1.82, 2.24) is 5.32 Å². The lowest BCUT2D eigenvalue weighted by Crippen LogP contribution is -2.50. The van der Waals surface area contributed by atoms with Gasteiger partial charge in [0.2, 0.25) is 0 Å². The van der Waals surface area contributed by atoms with E-state index in [1.54, 1.807) is 7.05 Å². The minimum atomic E-state index is -0.839. The van der Waals surface area contributed by atoms with Crippen LogP contribution in [0, 0.1) is 0 Å². The molecule has 0 aliphatic carbocycles. The highest BCUT2D eigenvalue weighted by atomic mass is 16.5. The number of ether oxygens (including phenoxy) is 1. The molecule has 0 aromatic heterocycles. The average molecular weight is 279 g/mol. The normalized spacial score (nSPS) is 13.8. The molecular formula is C16H25NO3. The van der Waals surface area contributed by atoms with Crippen LogP contribution < -0.4 is 10.1 Å². The Morgan fingerprint density at radius 1 is 1.40 bits per heavy atom. The summed E-state index contributed by atoms with van der Waals surface area (Å²) in [6.45, 7) is 4.52. The van der Waals surface area contributed by atoms with Gasteiger partial charge >= 0.3 is 5.97 Å². The Morgan fingerprint density at radius 2 is 2.15 bits per heavy atom. The molecule has 0 radical (unpaired) electrons. The number of aryl methyl sites for hydroxylation is 1. The molecule has 0 aliphatic rings.